The van der Waals surface area contributed by atoms with Crippen molar-refractivity contribution in [1.29, 1.82) is 0 Å². The zero-order chi connectivity index (χ0) is 24.9. The van der Waals surface area contributed by atoms with Gasteiger partial charge < -0.3 is 29.5 Å². The molecule has 0 fully saturated rings. The topological polar surface area (TPSA) is 150 Å². The molecule has 0 bridgehead atoms. The van der Waals surface area contributed by atoms with Crippen molar-refractivity contribution in [3.05, 3.63) is 40.6 Å². The first-order valence-electron chi connectivity index (χ1n) is 10.6. The molecule has 0 atom stereocenters. The Morgan fingerprint density at radius 3 is 2.44 bits per heavy atom. The standard InChI is InChI=1S/C23H28N2O8S/c1-30-15-12-16(26)20-18(13-15)33-22(23(32-3)21(20)27)14-7-8-17(31-2)19(11-14)34(28,29)25-10-6-4-5-9-24/h7-8,11-13,25-26H,4-6,9-10,24H2,1-3H3. The van der Waals surface area contributed by atoms with Crippen LogP contribution in [0.25, 0.3) is 22.3 Å². The van der Waals surface area contributed by atoms with Crippen LogP contribution in [0.1, 0.15) is 19.3 Å². The summed E-state index contributed by atoms with van der Waals surface area (Å²) < 4.78 is 50.1. The number of phenolic OH excluding ortho intramolecular Hbond substituents is 1. The van der Waals surface area contributed by atoms with Gasteiger partial charge in [-0.1, -0.05) is 6.42 Å². The average molecular weight is 493 g/mol. The lowest BCUT2D eigenvalue weighted by molar-refractivity contribution is 0.394. The lowest BCUT2D eigenvalue weighted by Crippen LogP contribution is -2.25. The Bertz CT molecular complexity index is 1340. The zero-order valence-electron chi connectivity index (χ0n) is 19.2. The fourth-order valence-corrected chi connectivity index (χ4v) is 4.78. The molecule has 11 heteroatoms. The predicted molar refractivity (Wildman–Crippen MR) is 127 cm³/mol. The van der Waals surface area contributed by atoms with E-state index in [4.69, 9.17) is 24.4 Å². The molecular formula is C23H28N2O8S. The van der Waals surface area contributed by atoms with Crippen LogP contribution in [0.2, 0.25) is 0 Å². The summed E-state index contributed by atoms with van der Waals surface area (Å²) in [4.78, 5) is 12.9. The molecule has 1 heterocycles. The maximum Gasteiger partial charge on any atom is 0.244 e. The van der Waals surface area contributed by atoms with Gasteiger partial charge in [-0.3, -0.25) is 4.79 Å². The summed E-state index contributed by atoms with van der Waals surface area (Å²) in [5, 5.41) is 10.2. The molecule has 0 radical (unpaired) electrons. The molecule has 0 aliphatic heterocycles. The van der Waals surface area contributed by atoms with Crippen molar-refractivity contribution in [2.24, 2.45) is 5.73 Å². The van der Waals surface area contributed by atoms with Gasteiger partial charge in [0.1, 0.15) is 33.1 Å². The smallest absolute Gasteiger partial charge is 0.244 e. The Balaban J connectivity index is 2.13. The van der Waals surface area contributed by atoms with E-state index < -0.39 is 15.5 Å². The second-order valence-corrected chi connectivity index (χ2v) is 9.16. The maximum atomic E-state index is 13.1. The molecule has 2 aromatic carbocycles. The highest BCUT2D eigenvalue weighted by Gasteiger charge is 2.24. The summed E-state index contributed by atoms with van der Waals surface area (Å²) in [6, 6.07) is 7.09. The molecule has 0 aliphatic carbocycles. The van der Waals surface area contributed by atoms with Crippen molar-refractivity contribution < 1.29 is 32.2 Å². The number of aromatic hydroxyl groups is 1. The number of fused-ring (bicyclic) bond motifs is 1. The predicted octanol–water partition coefficient (Wildman–Crippen LogP) is 2.60. The molecule has 3 rings (SSSR count). The van der Waals surface area contributed by atoms with Gasteiger partial charge in [-0.15, -0.1) is 0 Å². The lowest BCUT2D eigenvalue weighted by Gasteiger charge is -2.14. The summed E-state index contributed by atoms with van der Waals surface area (Å²) in [7, 11) is 0.118. The zero-order valence-corrected chi connectivity index (χ0v) is 20.0. The molecule has 34 heavy (non-hydrogen) atoms. The molecule has 0 aliphatic rings. The number of phenols is 1. The van der Waals surface area contributed by atoms with Gasteiger partial charge in [0.2, 0.25) is 21.2 Å². The molecule has 184 valence electrons. The minimum absolute atomic E-state index is 0.00491. The summed E-state index contributed by atoms with van der Waals surface area (Å²) in [5.74, 6) is -0.114. The Morgan fingerprint density at radius 1 is 1.03 bits per heavy atom. The summed E-state index contributed by atoms with van der Waals surface area (Å²) in [6.45, 7) is 0.786. The fourth-order valence-electron chi connectivity index (χ4n) is 3.51. The number of hydrogen-bond donors (Lipinski definition) is 3. The van der Waals surface area contributed by atoms with Crippen molar-refractivity contribution in [2.75, 3.05) is 34.4 Å². The van der Waals surface area contributed by atoms with Crippen LogP contribution in [0, 0.1) is 0 Å². The monoisotopic (exact) mass is 492 g/mol. The number of nitrogens with two attached hydrogens (primary N) is 1. The van der Waals surface area contributed by atoms with Gasteiger partial charge in [-0.25, -0.2) is 13.1 Å². The van der Waals surface area contributed by atoms with Crippen LogP contribution < -0.4 is 30.1 Å². The third kappa shape index (κ3) is 5.11. The van der Waals surface area contributed by atoms with Crippen LogP contribution in [0.15, 0.2) is 44.4 Å². The Kier molecular flexibility index (Phi) is 8.02. The Labute approximate surface area is 197 Å². The van der Waals surface area contributed by atoms with Crippen molar-refractivity contribution in [3.63, 3.8) is 0 Å². The van der Waals surface area contributed by atoms with Crippen LogP contribution in [0.3, 0.4) is 0 Å². The molecule has 0 unspecified atom stereocenters. The molecular weight excluding hydrogens is 464 g/mol. The van der Waals surface area contributed by atoms with Crippen molar-refractivity contribution in [2.45, 2.75) is 24.2 Å². The van der Waals surface area contributed by atoms with E-state index in [1.54, 1.807) is 6.07 Å². The van der Waals surface area contributed by atoms with E-state index in [1.807, 2.05) is 0 Å². The van der Waals surface area contributed by atoms with Crippen LogP contribution in [-0.2, 0) is 10.0 Å². The second-order valence-electron chi connectivity index (χ2n) is 7.43. The van der Waals surface area contributed by atoms with E-state index in [1.165, 1.54) is 45.6 Å². The fraction of sp³-hybridized carbons (Fsp3) is 0.348. The normalized spacial score (nSPS) is 11.5. The van der Waals surface area contributed by atoms with Crippen molar-refractivity contribution >= 4 is 21.0 Å². The third-order valence-electron chi connectivity index (χ3n) is 5.23. The maximum absolute atomic E-state index is 13.1. The van der Waals surface area contributed by atoms with Gasteiger partial charge in [0, 0.05) is 24.2 Å². The number of sulfonamides is 1. The van der Waals surface area contributed by atoms with Gasteiger partial charge in [0.05, 0.1) is 21.3 Å². The minimum Gasteiger partial charge on any atom is -0.507 e. The molecule has 1 aromatic heterocycles. The van der Waals surface area contributed by atoms with Gasteiger partial charge in [0.15, 0.2) is 5.76 Å². The van der Waals surface area contributed by atoms with Crippen LogP contribution >= 0.6 is 0 Å². The van der Waals surface area contributed by atoms with Crippen LogP contribution in [0.4, 0.5) is 0 Å². The molecule has 0 saturated carbocycles. The highest BCUT2D eigenvalue weighted by Crippen LogP contribution is 2.37. The van der Waals surface area contributed by atoms with E-state index in [2.05, 4.69) is 4.72 Å². The van der Waals surface area contributed by atoms with Crippen LogP contribution in [-0.4, -0.2) is 47.9 Å². The number of nitrogens with one attached hydrogen (secondary N) is 1. The minimum atomic E-state index is -3.94. The lowest BCUT2D eigenvalue weighted by atomic mass is 10.1. The van der Waals surface area contributed by atoms with E-state index >= 15 is 0 Å². The number of hydrogen-bond acceptors (Lipinski definition) is 9. The average Bonchev–Trinajstić information content (AvgIpc) is 2.82. The SMILES string of the molecule is COc1cc(O)c2c(=O)c(OC)c(-c3ccc(OC)c(S(=O)(=O)NCCCCCN)c3)oc2c1. The third-order valence-corrected chi connectivity index (χ3v) is 6.72. The van der Waals surface area contributed by atoms with Crippen molar-refractivity contribution in [1.82, 2.24) is 4.72 Å². The molecule has 10 nitrogen and oxygen atoms in total. The van der Waals surface area contributed by atoms with Gasteiger partial charge in [-0.05, 0) is 37.6 Å². The summed E-state index contributed by atoms with van der Waals surface area (Å²) >= 11 is 0. The van der Waals surface area contributed by atoms with Crippen molar-refractivity contribution in [3.8, 4) is 34.3 Å². The number of unbranched alkanes of at least 4 members (excludes halogenated alkanes) is 2. The van der Waals surface area contributed by atoms with Gasteiger partial charge in [-0.2, -0.15) is 0 Å². The summed E-state index contributed by atoms with van der Waals surface area (Å²) in [6.07, 6.45) is 2.24. The van der Waals surface area contributed by atoms with E-state index in [0.717, 1.165) is 12.8 Å². The molecule has 0 amide bonds. The molecule has 0 saturated heterocycles. The Morgan fingerprint density at radius 2 is 1.79 bits per heavy atom. The molecule has 4 N–H and O–H groups in total. The highest BCUT2D eigenvalue weighted by molar-refractivity contribution is 7.89. The first-order valence-corrected chi connectivity index (χ1v) is 12.1. The van der Waals surface area contributed by atoms with Gasteiger partial charge in [0.25, 0.3) is 0 Å². The largest absolute Gasteiger partial charge is 0.507 e. The summed E-state index contributed by atoms with van der Waals surface area (Å²) in [5.41, 5.74) is 5.18. The Hall–Kier alpha value is -3.28. The first-order chi connectivity index (χ1) is 16.3. The second kappa shape index (κ2) is 10.8. The van der Waals surface area contributed by atoms with E-state index in [-0.39, 0.29) is 56.7 Å². The van der Waals surface area contributed by atoms with Gasteiger partial charge >= 0.3 is 0 Å². The number of methoxy groups -OCH3 is 3. The van der Waals surface area contributed by atoms with E-state index in [9.17, 15) is 18.3 Å². The quantitative estimate of drug-likeness (QED) is 0.343. The van der Waals surface area contributed by atoms with E-state index in [0.29, 0.717) is 13.0 Å². The first kappa shape index (κ1) is 25.3. The van der Waals surface area contributed by atoms with Crippen LogP contribution in [0.5, 0.6) is 23.0 Å². The number of ether oxygens (including phenoxy) is 3. The molecule has 0 spiro atoms. The highest BCUT2D eigenvalue weighted by atomic mass is 32.2. The molecule has 3 aromatic rings. The number of rotatable bonds is 11. The number of benzene rings is 2.